The smallest absolute Gasteiger partial charge is 0.0967 e. The summed E-state index contributed by atoms with van der Waals surface area (Å²) in [6, 6.07) is 0. The zero-order valence-corrected chi connectivity index (χ0v) is 6.81. The van der Waals surface area contributed by atoms with Gasteiger partial charge >= 0.3 is 0 Å². The van der Waals surface area contributed by atoms with E-state index in [1.807, 2.05) is 0 Å². The molecule has 0 aliphatic heterocycles. The second kappa shape index (κ2) is 2.22. The zero-order chi connectivity index (χ0) is 6.08. The minimum absolute atomic E-state index is 0.417. The molecule has 0 heterocycles. The van der Waals surface area contributed by atoms with Gasteiger partial charge in [-0.15, -0.1) is 9.24 Å². The van der Waals surface area contributed by atoms with Crippen molar-refractivity contribution < 1.29 is 0 Å². The summed E-state index contributed by atoms with van der Waals surface area (Å²) in [6.45, 7) is 4.45. The number of hydrogen-bond acceptors (Lipinski definition) is 0. The predicted molar refractivity (Wildman–Crippen MR) is 44.6 cm³/mol. The van der Waals surface area contributed by atoms with Crippen LogP contribution in [-0.2, 0) is 0 Å². The first-order valence-corrected chi connectivity index (χ1v) is 3.31. The highest BCUT2D eigenvalue weighted by Gasteiger charge is 2.13. The highest BCUT2D eigenvalue weighted by Crippen LogP contribution is 2.25. The van der Waals surface area contributed by atoms with Crippen molar-refractivity contribution in [2.75, 3.05) is 0 Å². The van der Waals surface area contributed by atoms with E-state index in [9.17, 15) is 0 Å². The van der Waals surface area contributed by atoms with Gasteiger partial charge in [-0.2, -0.15) is 0 Å². The van der Waals surface area contributed by atoms with E-state index >= 15 is 0 Å². The van der Waals surface area contributed by atoms with E-state index in [1.165, 1.54) is 0 Å². The summed E-state index contributed by atoms with van der Waals surface area (Å²) >= 11 is 0. The average molecular weight is 114 g/mol. The molecule has 0 spiro atoms. The molecular weight excluding hydrogens is 101 g/mol. The van der Waals surface area contributed by atoms with Crippen LogP contribution in [0.2, 0.25) is 5.72 Å². The second-order valence-corrected chi connectivity index (χ2v) is 4.46. The minimum atomic E-state index is 0.417. The standard InChI is InChI=1S/C4H13B2P/c1-4(2,7)3(5)6/h3H,5-7H2,1-2H3. The van der Waals surface area contributed by atoms with Crippen LogP contribution in [0.25, 0.3) is 0 Å². The molecule has 0 bridgehead atoms. The maximum Gasteiger partial charge on any atom is 0.0967 e. The normalized spacial score (nSPS) is 12.6. The predicted octanol–water partition coefficient (Wildman–Crippen LogP) is -0.348. The molecule has 0 aliphatic rings. The summed E-state index contributed by atoms with van der Waals surface area (Å²) in [5, 5.41) is 0.417. The van der Waals surface area contributed by atoms with E-state index in [1.54, 1.807) is 0 Å². The van der Waals surface area contributed by atoms with Gasteiger partial charge in [0, 0.05) is 0 Å². The van der Waals surface area contributed by atoms with Crippen molar-refractivity contribution >= 4 is 24.9 Å². The molecular formula is C4H13B2P. The van der Waals surface area contributed by atoms with Crippen LogP contribution in [0.1, 0.15) is 13.8 Å². The summed E-state index contributed by atoms with van der Waals surface area (Å²) in [4.78, 5) is 0. The Hall–Kier alpha value is 0.560. The summed E-state index contributed by atoms with van der Waals surface area (Å²) < 4.78 is 0. The van der Waals surface area contributed by atoms with Crippen LogP contribution in [0.15, 0.2) is 0 Å². The SMILES string of the molecule is BC(B)C(C)(C)P. The van der Waals surface area contributed by atoms with Crippen molar-refractivity contribution in [2.45, 2.75) is 24.7 Å². The molecule has 0 amide bonds. The van der Waals surface area contributed by atoms with Crippen molar-refractivity contribution in [3.8, 4) is 0 Å². The fraction of sp³-hybridized carbons (Fsp3) is 1.00. The third-order valence-electron chi connectivity index (χ3n) is 1.49. The Morgan fingerprint density at radius 3 is 1.57 bits per heavy atom. The van der Waals surface area contributed by atoms with Gasteiger partial charge in [0.15, 0.2) is 0 Å². The summed E-state index contributed by atoms with van der Waals surface area (Å²) in [5.74, 6) is 0. The van der Waals surface area contributed by atoms with Crippen LogP contribution >= 0.6 is 9.24 Å². The van der Waals surface area contributed by atoms with Crippen LogP contribution in [0.5, 0.6) is 0 Å². The molecule has 0 aromatic heterocycles. The minimum Gasteiger partial charge on any atom is -0.133 e. The lowest BCUT2D eigenvalue weighted by molar-refractivity contribution is 0.765. The molecule has 1 unspecified atom stereocenters. The quantitative estimate of drug-likeness (QED) is 0.322. The summed E-state index contributed by atoms with van der Waals surface area (Å²) in [7, 11) is 7.29. The Morgan fingerprint density at radius 1 is 1.43 bits per heavy atom. The van der Waals surface area contributed by atoms with Gasteiger partial charge in [-0.3, -0.25) is 0 Å². The highest BCUT2D eigenvalue weighted by molar-refractivity contribution is 7.19. The van der Waals surface area contributed by atoms with E-state index in [4.69, 9.17) is 0 Å². The van der Waals surface area contributed by atoms with E-state index in [0.29, 0.717) is 5.16 Å². The highest BCUT2D eigenvalue weighted by atomic mass is 31.0. The Bertz CT molecular complexity index is 55.2. The summed E-state index contributed by atoms with van der Waals surface area (Å²) in [6.07, 6.45) is 0. The van der Waals surface area contributed by atoms with Gasteiger partial charge in [0.25, 0.3) is 0 Å². The molecule has 0 saturated heterocycles. The van der Waals surface area contributed by atoms with Crippen molar-refractivity contribution in [3.63, 3.8) is 0 Å². The Balaban J connectivity index is 3.54. The van der Waals surface area contributed by atoms with Gasteiger partial charge in [-0.05, 0) is 5.16 Å². The fourth-order valence-corrected chi connectivity index (χ4v) is 0. The molecule has 0 aromatic carbocycles. The molecule has 0 rings (SSSR count). The van der Waals surface area contributed by atoms with Crippen LogP contribution in [0.3, 0.4) is 0 Å². The molecule has 1 atom stereocenters. The number of rotatable bonds is 1. The van der Waals surface area contributed by atoms with Gasteiger partial charge in [0.1, 0.15) is 0 Å². The lowest BCUT2D eigenvalue weighted by Gasteiger charge is -2.22. The van der Waals surface area contributed by atoms with Crippen LogP contribution < -0.4 is 0 Å². The second-order valence-electron chi connectivity index (χ2n) is 2.98. The van der Waals surface area contributed by atoms with Crippen LogP contribution in [-0.4, -0.2) is 20.8 Å². The Morgan fingerprint density at radius 2 is 1.57 bits per heavy atom. The van der Waals surface area contributed by atoms with Crippen molar-refractivity contribution in [1.29, 1.82) is 0 Å². The lowest BCUT2D eigenvalue weighted by atomic mass is 9.64. The van der Waals surface area contributed by atoms with Crippen LogP contribution in [0.4, 0.5) is 0 Å². The lowest BCUT2D eigenvalue weighted by Crippen LogP contribution is -2.18. The fourth-order valence-electron chi connectivity index (χ4n) is 0. The Kier molecular flexibility index (Phi) is 2.40. The van der Waals surface area contributed by atoms with E-state index < -0.39 is 0 Å². The average Bonchev–Trinajstić information content (AvgIpc) is 1.31. The molecule has 0 saturated carbocycles. The first-order chi connectivity index (χ1) is 2.94. The first-order valence-electron chi connectivity index (χ1n) is 2.73. The molecule has 7 heavy (non-hydrogen) atoms. The molecule has 0 radical (unpaired) electrons. The van der Waals surface area contributed by atoms with Gasteiger partial charge < -0.3 is 0 Å². The third-order valence-corrected chi connectivity index (χ3v) is 2.15. The third kappa shape index (κ3) is 3.17. The van der Waals surface area contributed by atoms with Crippen molar-refractivity contribution in [2.24, 2.45) is 0 Å². The molecule has 3 heteroatoms. The van der Waals surface area contributed by atoms with E-state index in [2.05, 4.69) is 38.8 Å². The van der Waals surface area contributed by atoms with E-state index in [0.717, 1.165) is 5.72 Å². The van der Waals surface area contributed by atoms with Crippen LogP contribution in [0, 0.1) is 0 Å². The molecule has 0 fully saturated rings. The maximum absolute atomic E-state index is 2.83. The monoisotopic (exact) mass is 114 g/mol. The largest absolute Gasteiger partial charge is 0.133 e. The van der Waals surface area contributed by atoms with Crippen molar-refractivity contribution in [1.82, 2.24) is 0 Å². The molecule has 0 aromatic rings. The van der Waals surface area contributed by atoms with E-state index in [-0.39, 0.29) is 0 Å². The molecule has 0 nitrogen and oxygen atoms in total. The first kappa shape index (κ1) is 7.56. The van der Waals surface area contributed by atoms with Crippen molar-refractivity contribution in [3.05, 3.63) is 0 Å². The Labute approximate surface area is 50.5 Å². The summed E-state index contributed by atoms with van der Waals surface area (Å²) in [5.41, 5.74) is 0.762. The van der Waals surface area contributed by atoms with Gasteiger partial charge in [0.05, 0.1) is 15.7 Å². The van der Waals surface area contributed by atoms with Gasteiger partial charge in [0.2, 0.25) is 0 Å². The van der Waals surface area contributed by atoms with Gasteiger partial charge in [-0.25, -0.2) is 0 Å². The van der Waals surface area contributed by atoms with Gasteiger partial charge in [-0.1, -0.05) is 19.6 Å². The molecule has 0 N–H and O–H groups in total. The molecule has 0 aliphatic carbocycles. The zero-order valence-electron chi connectivity index (χ0n) is 5.65. The topological polar surface area (TPSA) is 0 Å². The molecule has 40 valence electrons. The maximum atomic E-state index is 2.83. The number of hydrogen-bond donors (Lipinski definition) is 0.